The van der Waals surface area contributed by atoms with Crippen molar-refractivity contribution in [3.05, 3.63) is 203 Å². The SMILES string of the molecule is CC1(C)c2cc(-c3c4ccccc4c(-c4ccccc4)c4ccc(-c5ccc6c(c5)SC5=C(C=CCC5)N6C5=CCCC=C5)cc34)c3ccccc3c2C2C=CC=CC21. The first-order chi connectivity index (χ1) is 29.0. The van der Waals surface area contributed by atoms with E-state index in [1.54, 1.807) is 0 Å². The number of hydrogen-bond donors (Lipinski definition) is 0. The average Bonchev–Trinajstić information content (AvgIpc) is 3.53. The summed E-state index contributed by atoms with van der Waals surface area (Å²) in [5.41, 5.74) is 14.6. The summed E-state index contributed by atoms with van der Waals surface area (Å²) in [5, 5.41) is 7.88. The van der Waals surface area contributed by atoms with Crippen LogP contribution in [0, 0.1) is 5.92 Å². The lowest BCUT2D eigenvalue weighted by atomic mass is 9.74. The zero-order valence-corrected chi connectivity index (χ0v) is 34.4. The van der Waals surface area contributed by atoms with Crippen molar-refractivity contribution < 1.29 is 0 Å². The number of rotatable bonds is 4. The fourth-order valence-electron chi connectivity index (χ4n) is 11.0. The molecular formula is C57H45NS. The summed E-state index contributed by atoms with van der Waals surface area (Å²) in [5.74, 6) is 0.811. The average molecular weight is 776 g/mol. The van der Waals surface area contributed by atoms with Gasteiger partial charge in [-0.15, -0.1) is 0 Å². The van der Waals surface area contributed by atoms with Crippen molar-refractivity contribution in [1.29, 1.82) is 0 Å². The Balaban J connectivity index is 1.13. The molecule has 0 radical (unpaired) electrons. The molecule has 1 aliphatic heterocycles. The third-order valence-corrected chi connectivity index (χ3v) is 15.0. The highest BCUT2D eigenvalue weighted by molar-refractivity contribution is 8.03. The molecule has 2 unspecified atom stereocenters. The van der Waals surface area contributed by atoms with E-state index in [-0.39, 0.29) is 5.41 Å². The third-order valence-electron chi connectivity index (χ3n) is 13.8. The van der Waals surface area contributed by atoms with Gasteiger partial charge in [-0.2, -0.15) is 0 Å². The Morgan fingerprint density at radius 3 is 2.14 bits per heavy atom. The van der Waals surface area contributed by atoms with E-state index in [4.69, 9.17) is 0 Å². The summed E-state index contributed by atoms with van der Waals surface area (Å²) in [6, 6.07) is 46.5. The lowest BCUT2D eigenvalue weighted by Gasteiger charge is -2.36. The largest absolute Gasteiger partial charge is 0.309 e. The summed E-state index contributed by atoms with van der Waals surface area (Å²) >= 11 is 1.97. The highest BCUT2D eigenvalue weighted by Gasteiger charge is 2.46. The van der Waals surface area contributed by atoms with E-state index in [0.717, 1.165) is 25.7 Å². The number of nitrogens with zero attached hydrogens (tertiary/aromatic N) is 1. The first kappa shape index (κ1) is 34.9. The van der Waals surface area contributed by atoms with Crippen molar-refractivity contribution in [2.75, 3.05) is 4.90 Å². The quantitative estimate of drug-likeness (QED) is 0.164. The Kier molecular flexibility index (Phi) is 7.97. The van der Waals surface area contributed by atoms with E-state index in [2.05, 4.69) is 195 Å². The molecule has 2 heteroatoms. The minimum atomic E-state index is -0.0115. The minimum absolute atomic E-state index is 0.0115. The van der Waals surface area contributed by atoms with E-state index < -0.39 is 0 Å². The Morgan fingerprint density at radius 1 is 0.593 bits per heavy atom. The number of allylic oxidation sites excluding steroid dienone is 10. The van der Waals surface area contributed by atoms with Crippen LogP contribution in [-0.4, -0.2) is 0 Å². The van der Waals surface area contributed by atoms with Crippen LogP contribution in [0.25, 0.3) is 65.7 Å². The molecular weight excluding hydrogens is 731 g/mol. The lowest BCUT2D eigenvalue weighted by molar-refractivity contribution is 0.394. The molecule has 1 heterocycles. The standard InChI is InChI=1S/C57H45NS/c1-57(2)48-26-14-13-25-45(48)56-41-22-10-9-21-40(41)47(35-49(56)57)55-43-24-12-11-23-42(43)54(36-17-5-3-6-18-36)44-31-29-37(33-46(44)55)38-30-32-51-53(34-38)59-52-28-16-15-27-50(52)58(51)39-19-7-4-8-20-39/h3,5-7,9-15,17-27,29-35,45,48H,4,8,16,28H2,1-2H3. The molecule has 7 aromatic carbocycles. The van der Waals surface area contributed by atoms with Crippen LogP contribution in [0.2, 0.25) is 0 Å². The van der Waals surface area contributed by atoms with Crippen molar-refractivity contribution in [3.63, 3.8) is 0 Å². The van der Waals surface area contributed by atoms with Gasteiger partial charge in [-0.25, -0.2) is 0 Å². The molecule has 0 N–H and O–H groups in total. The second kappa shape index (κ2) is 13.5. The van der Waals surface area contributed by atoms with E-state index >= 15 is 0 Å². The molecule has 0 saturated carbocycles. The molecule has 12 rings (SSSR count). The van der Waals surface area contributed by atoms with E-state index in [9.17, 15) is 0 Å². The normalized spacial score (nSPS) is 19.9. The Labute approximate surface area is 351 Å². The van der Waals surface area contributed by atoms with Crippen LogP contribution in [0.1, 0.15) is 56.6 Å². The number of fused-ring (bicyclic) bond motifs is 8. The van der Waals surface area contributed by atoms with Crippen LogP contribution in [0.3, 0.4) is 0 Å². The van der Waals surface area contributed by atoms with Gasteiger partial charge in [0.05, 0.1) is 11.4 Å². The molecule has 0 amide bonds. The van der Waals surface area contributed by atoms with Gasteiger partial charge in [0.15, 0.2) is 0 Å². The minimum Gasteiger partial charge on any atom is -0.309 e. The first-order valence-electron chi connectivity index (χ1n) is 21.4. The van der Waals surface area contributed by atoms with Crippen molar-refractivity contribution >= 4 is 49.8 Å². The van der Waals surface area contributed by atoms with Gasteiger partial charge in [-0.05, 0) is 150 Å². The maximum atomic E-state index is 2.59. The van der Waals surface area contributed by atoms with Crippen molar-refractivity contribution in [2.45, 2.75) is 55.8 Å². The summed E-state index contributed by atoms with van der Waals surface area (Å²) in [7, 11) is 0. The smallest absolute Gasteiger partial charge is 0.0601 e. The van der Waals surface area contributed by atoms with Gasteiger partial charge >= 0.3 is 0 Å². The molecule has 59 heavy (non-hydrogen) atoms. The van der Waals surface area contributed by atoms with Gasteiger partial charge in [-0.3, -0.25) is 0 Å². The second-order valence-corrected chi connectivity index (χ2v) is 18.5. The molecule has 0 aromatic heterocycles. The first-order valence-corrected chi connectivity index (χ1v) is 22.2. The zero-order valence-electron chi connectivity index (χ0n) is 33.6. The zero-order chi connectivity index (χ0) is 39.2. The van der Waals surface area contributed by atoms with Crippen LogP contribution < -0.4 is 4.90 Å². The molecule has 0 saturated heterocycles. The highest BCUT2D eigenvalue weighted by atomic mass is 32.2. The van der Waals surface area contributed by atoms with E-state index in [1.165, 1.54) is 104 Å². The van der Waals surface area contributed by atoms with Gasteiger partial charge < -0.3 is 4.90 Å². The summed E-state index contributed by atoms with van der Waals surface area (Å²) in [6.07, 6.45) is 25.5. The van der Waals surface area contributed by atoms with E-state index in [1.807, 2.05) is 11.8 Å². The fraction of sp³-hybridized carbons (Fsp3) is 0.158. The molecule has 284 valence electrons. The number of hydrogen-bond acceptors (Lipinski definition) is 2. The number of thioether (sulfide) groups is 1. The predicted octanol–water partition coefficient (Wildman–Crippen LogP) is 16.0. The molecule has 7 aromatic rings. The fourth-order valence-corrected chi connectivity index (χ4v) is 12.2. The maximum absolute atomic E-state index is 2.59. The second-order valence-electron chi connectivity index (χ2n) is 17.4. The van der Waals surface area contributed by atoms with Crippen molar-refractivity contribution in [2.24, 2.45) is 5.92 Å². The Hall–Kier alpha value is -6.09. The molecule has 0 fully saturated rings. The van der Waals surface area contributed by atoms with Gasteiger partial charge in [0.2, 0.25) is 0 Å². The topological polar surface area (TPSA) is 3.24 Å². The van der Waals surface area contributed by atoms with Crippen LogP contribution in [0.5, 0.6) is 0 Å². The molecule has 0 bridgehead atoms. The number of anilines is 1. The van der Waals surface area contributed by atoms with Crippen molar-refractivity contribution in [3.8, 4) is 33.4 Å². The highest BCUT2D eigenvalue weighted by Crippen LogP contribution is 2.58. The van der Waals surface area contributed by atoms with Crippen LogP contribution >= 0.6 is 11.8 Å². The van der Waals surface area contributed by atoms with Gasteiger partial charge in [0.25, 0.3) is 0 Å². The summed E-state index contributed by atoms with van der Waals surface area (Å²) in [4.78, 5) is 5.31. The molecule has 0 spiro atoms. The maximum Gasteiger partial charge on any atom is 0.0601 e. The van der Waals surface area contributed by atoms with E-state index in [0.29, 0.717) is 11.8 Å². The third kappa shape index (κ3) is 5.32. The molecule has 4 aliphatic carbocycles. The monoisotopic (exact) mass is 775 g/mol. The van der Waals surface area contributed by atoms with Crippen LogP contribution in [0.15, 0.2) is 197 Å². The molecule has 1 nitrogen and oxygen atoms in total. The van der Waals surface area contributed by atoms with Crippen LogP contribution in [0.4, 0.5) is 5.69 Å². The van der Waals surface area contributed by atoms with Gasteiger partial charge in [0, 0.05) is 21.4 Å². The Bertz CT molecular complexity index is 3110. The lowest BCUT2D eigenvalue weighted by Crippen LogP contribution is -2.25. The van der Waals surface area contributed by atoms with Crippen LogP contribution in [-0.2, 0) is 5.41 Å². The Morgan fingerprint density at radius 2 is 1.31 bits per heavy atom. The number of benzene rings is 7. The summed E-state index contributed by atoms with van der Waals surface area (Å²) < 4.78 is 0. The molecule has 5 aliphatic rings. The predicted molar refractivity (Wildman–Crippen MR) is 253 cm³/mol. The summed E-state index contributed by atoms with van der Waals surface area (Å²) in [6.45, 7) is 4.93. The van der Waals surface area contributed by atoms with Gasteiger partial charge in [-0.1, -0.05) is 165 Å². The molecule has 2 atom stereocenters. The van der Waals surface area contributed by atoms with Gasteiger partial charge in [0.1, 0.15) is 0 Å². The van der Waals surface area contributed by atoms with Crippen molar-refractivity contribution in [1.82, 2.24) is 0 Å².